The Kier molecular flexibility index (Phi) is 6.98. The fraction of sp³-hybridized carbons (Fsp3) is 0.500. The first-order chi connectivity index (χ1) is 12.8. The molecule has 2 aliphatic rings. The first-order valence-corrected chi connectivity index (χ1v) is 9.64. The van der Waals surface area contributed by atoms with Crippen molar-refractivity contribution >= 4 is 35.6 Å². The van der Waals surface area contributed by atoms with Gasteiger partial charge in [0.1, 0.15) is 5.82 Å². The quantitative estimate of drug-likeness (QED) is 0.417. The molecule has 1 aromatic heterocycles. The maximum absolute atomic E-state index is 4.77. The Labute approximate surface area is 178 Å². The minimum atomic E-state index is 0. The molecule has 1 N–H and O–H groups in total. The summed E-state index contributed by atoms with van der Waals surface area (Å²) in [6.07, 6.45) is 5.83. The highest BCUT2D eigenvalue weighted by molar-refractivity contribution is 14.0. The zero-order chi connectivity index (χ0) is 17.8. The highest BCUT2D eigenvalue weighted by Crippen LogP contribution is 2.16. The predicted molar refractivity (Wildman–Crippen MR) is 121 cm³/mol. The van der Waals surface area contributed by atoms with Crippen molar-refractivity contribution in [2.75, 3.05) is 38.1 Å². The Morgan fingerprint density at radius 1 is 1.07 bits per heavy atom. The molecule has 0 spiro atoms. The molecule has 27 heavy (non-hydrogen) atoms. The second-order valence-corrected chi connectivity index (χ2v) is 7.01. The van der Waals surface area contributed by atoms with Gasteiger partial charge < -0.3 is 19.7 Å². The van der Waals surface area contributed by atoms with Crippen LogP contribution in [0.25, 0.3) is 0 Å². The van der Waals surface area contributed by atoms with Crippen LogP contribution in [0.15, 0.2) is 41.5 Å². The van der Waals surface area contributed by atoms with E-state index in [1.807, 2.05) is 7.05 Å². The maximum atomic E-state index is 4.77. The summed E-state index contributed by atoms with van der Waals surface area (Å²) in [5.74, 6) is 2.21. The number of hydrogen-bond acceptors (Lipinski definition) is 3. The smallest absolute Gasteiger partial charge is 0.194 e. The average Bonchev–Trinajstić information content (AvgIpc) is 3.12. The second-order valence-electron chi connectivity index (χ2n) is 7.01. The third-order valence-corrected chi connectivity index (χ3v) is 5.30. The van der Waals surface area contributed by atoms with Gasteiger partial charge >= 0.3 is 0 Å². The van der Waals surface area contributed by atoms with Crippen molar-refractivity contribution in [3.8, 4) is 0 Å². The van der Waals surface area contributed by atoms with Crippen LogP contribution >= 0.6 is 24.0 Å². The summed E-state index contributed by atoms with van der Waals surface area (Å²) in [6.45, 7) is 5.85. The van der Waals surface area contributed by atoms with Crippen molar-refractivity contribution in [2.24, 2.45) is 4.99 Å². The standard InChI is InChI=1S/C20H28N6.HI/c1-21-20(22-15-17-16-26-10-6-5-9-19(26)23-17)25-13-11-24(12-14-25)18-7-3-2-4-8-18;/h2-4,7-8,16H,5-6,9-15H2,1H3,(H,21,22);1H. The normalized spacial score (nSPS) is 17.3. The van der Waals surface area contributed by atoms with Gasteiger partial charge in [0, 0.05) is 58.1 Å². The number of hydrogen-bond donors (Lipinski definition) is 1. The van der Waals surface area contributed by atoms with Crippen molar-refractivity contribution in [1.82, 2.24) is 19.8 Å². The number of aliphatic imine (C=N–C) groups is 1. The highest BCUT2D eigenvalue weighted by Gasteiger charge is 2.20. The third-order valence-electron chi connectivity index (χ3n) is 5.30. The number of halogens is 1. The number of nitrogens with one attached hydrogen (secondary N) is 1. The van der Waals surface area contributed by atoms with E-state index < -0.39 is 0 Å². The number of anilines is 1. The van der Waals surface area contributed by atoms with Crippen LogP contribution in [0.5, 0.6) is 0 Å². The summed E-state index contributed by atoms with van der Waals surface area (Å²) < 4.78 is 2.31. The van der Waals surface area contributed by atoms with Gasteiger partial charge in [0.2, 0.25) is 0 Å². The number of aryl methyl sites for hydroxylation is 2. The Bertz CT molecular complexity index is 726. The van der Waals surface area contributed by atoms with Crippen LogP contribution in [0, 0.1) is 0 Å². The number of benzene rings is 1. The van der Waals surface area contributed by atoms with Gasteiger partial charge in [0.05, 0.1) is 12.2 Å². The highest BCUT2D eigenvalue weighted by atomic mass is 127. The van der Waals surface area contributed by atoms with Gasteiger partial charge in [-0.05, 0) is 25.0 Å². The van der Waals surface area contributed by atoms with Crippen molar-refractivity contribution in [2.45, 2.75) is 32.4 Å². The average molecular weight is 480 g/mol. The lowest BCUT2D eigenvalue weighted by Gasteiger charge is -2.37. The Balaban J connectivity index is 0.00000210. The van der Waals surface area contributed by atoms with Crippen molar-refractivity contribution in [3.05, 3.63) is 48.0 Å². The largest absolute Gasteiger partial charge is 0.368 e. The molecule has 1 saturated heterocycles. The molecule has 2 aromatic rings. The van der Waals surface area contributed by atoms with E-state index in [0.29, 0.717) is 0 Å². The predicted octanol–water partition coefficient (Wildman–Crippen LogP) is 2.74. The van der Waals surface area contributed by atoms with Gasteiger partial charge in [-0.3, -0.25) is 4.99 Å². The second kappa shape index (κ2) is 9.43. The lowest BCUT2D eigenvalue weighted by Crippen LogP contribution is -2.52. The zero-order valence-electron chi connectivity index (χ0n) is 16.0. The van der Waals surface area contributed by atoms with Gasteiger partial charge in [-0.1, -0.05) is 18.2 Å². The lowest BCUT2D eigenvalue weighted by molar-refractivity contribution is 0.372. The molecule has 0 radical (unpaired) electrons. The monoisotopic (exact) mass is 480 g/mol. The summed E-state index contributed by atoms with van der Waals surface area (Å²) in [7, 11) is 1.87. The van der Waals surface area contributed by atoms with Gasteiger partial charge in [0.25, 0.3) is 0 Å². The van der Waals surface area contributed by atoms with Crippen LogP contribution in [0.3, 0.4) is 0 Å². The number of rotatable bonds is 3. The van der Waals surface area contributed by atoms with Crippen LogP contribution in [-0.2, 0) is 19.5 Å². The summed E-state index contributed by atoms with van der Waals surface area (Å²) in [6, 6.07) is 10.6. The Morgan fingerprint density at radius 2 is 1.85 bits per heavy atom. The van der Waals surface area contributed by atoms with Crippen molar-refractivity contribution in [1.29, 1.82) is 0 Å². The fourth-order valence-corrected chi connectivity index (χ4v) is 3.87. The molecule has 0 saturated carbocycles. The van der Waals surface area contributed by atoms with Crippen LogP contribution in [-0.4, -0.2) is 53.6 Å². The van der Waals surface area contributed by atoms with E-state index in [4.69, 9.17) is 4.98 Å². The van der Waals surface area contributed by atoms with E-state index in [1.165, 1.54) is 24.4 Å². The topological polar surface area (TPSA) is 48.7 Å². The summed E-state index contributed by atoms with van der Waals surface area (Å²) in [5.41, 5.74) is 2.42. The van der Waals surface area contributed by atoms with Gasteiger partial charge in [0.15, 0.2) is 5.96 Å². The zero-order valence-corrected chi connectivity index (χ0v) is 18.3. The molecule has 4 rings (SSSR count). The minimum absolute atomic E-state index is 0. The van der Waals surface area contributed by atoms with Gasteiger partial charge in [-0.15, -0.1) is 24.0 Å². The number of fused-ring (bicyclic) bond motifs is 1. The molecule has 1 fully saturated rings. The van der Waals surface area contributed by atoms with Crippen LogP contribution in [0.2, 0.25) is 0 Å². The molecule has 1 aromatic carbocycles. The fourth-order valence-electron chi connectivity index (χ4n) is 3.87. The molecule has 0 unspecified atom stereocenters. The Hall–Kier alpha value is -1.77. The van der Waals surface area contributed by atoms with E-state index in [9.17, 15) is 0 Å². The number of imidazole rings is 1. The number of aromatic nitrogens is 2. The molecule has 3 heterocycles. The first kappa shape index (κ1) is 20.0. The molecule has 6 nitrogen and oxygen atoms in total. The van der Waals surface area contributed by atoms with E-state index >= 15 is 0 Å². The summed E-state index contributed by atoms with van der Waals surface area (Å²) in [5, 5.41) is 3.50. The number of nitrogens with zero attached hydrogens (tertiary/aromatic N) is 5. The van der Waals surface area contributed by atoms with Crippen LogP contribution < -0.4 is 10.2 Å². The molecule has 0 amide bonds. The van der Waals surface area contributed by atoms with Gasteiger partial charge in [-0.25, -0.2) is 4.98 Å². The molecule has 0 aliphatic carbocycles. The number of piperazine rings is 1. The maximum Gasteiger partial charge on any atom is 0.194 e. The van der Waals surface area contributed by atoms with E-state index in [1.54, 1.807) is 0 Å². The van der Waals surface area contributed by atoms with Crippen LogP contribution in [0.1, 0.15) is 24.4 Å². The SMILES string of the molecule is CN=C(NCc1cn2c(n1)CCCC2)N1CCN(c2ccccc2)CC1.I. The minimum Gasteiger partial charge on any atom is -0.368 e. The van der Waals surface area contributed by atoms with E-state index in [2.05, 4.69) is 61.2 Å². The molecule has 0 atom stereocenters. The molecular formula is C20H29IN6. The van der Waals surface area contributed by atoms with Crippen LogP contribution in [0.4, 0.5) is 5.69 Å². The van der Waals surface area contributed by atoms with E-state index in [-0.39, 0.29) is 24.0 Å². The molecule has 0 bridgehead atoms. The van der Waals surface area contributed by atoms with Gasteiger partial charge in [-0.2, -0.15) is 0 Å². The number of para-hydroxylation sites is 1. The third kappa shape index (κ3) is 4.75. The Morgan fingerprint density at radius 3 is 2.56 bits per heavy atom. The summed E-state index contributed by atoms with van der Waals surface area (Å²) >= 11 is 0. The number of guanidine groups is 1. The lowest BCUT2D eigenvalue weighted by atomic mass is 10.2. The first-order valence-electron chi connectivity index (χ1n) is 9.64. The van der Waals surface area contributed by atoms with E-state index in [0.717, 1.165) is 57.3 Å². The molecule has 2 aliphatic heterocycles. The molecule has 146 valence electrons. The molecular weight excluding hydrogens is 451 g/mol. The summed E-state index contributed by atoms with van der Waals surface area (Å²) in [4.78, 5) is 14.0. The van der Waals surface area contributed by atoms with Crippen molar-refractivity contribution in [3.63, 3.8) is 0 Å². The molecule has 7 heteroatoms. The van der Waals surface area contributed by atoms with Crippen molar-refractivity contribution < 1.29 is 0 Å².